The van der Waals surface area contributed by atoms with Gasteiger partial charge in [0.15, 0.2) is 0 Å². The number of unbranched alkanes of at least 4 members (excludes halogenated alkanes) is 2. The van der Waals surface area contributed by atoms with Crippen LogP contribution in [0.5, 0.6) is 5.75 Å². The molecule has 0 fully saturated rings. The van der Waals surface area contributed by atoms with Crippen LogP contribution in [0.3, 0.4) is 0 Å². The van der Waals surface area contributed by atoms with E-state index < -0.39 is 17.4 Å². The van der Waals surface area contributed by atoms with Gasteiger partial charge in [0.05, 0.1) is 0 Å². The van der Waals surface area contributed by atoms with Crippen molar-refractivity contribution in [3.05, 3.63) is 90.6 Å². The van der Waals surface area contributed by atoms with Crippen LogP contribution in [-0.2, 0) is 9.53 Å². The lowest BCUT2D eigenvalue weighted by Gasteiger charge is -2.14. The van der Waals surface area contributed by atoms with Gasteiger partial charge >= 0.3 is 11.9 Å². The Labute approximate surface area is 220 Å². The molecule has 1 aromatic carbocycles. The minimum absolute atomic E-state index is 0.0241. The molecule has 0 aromatic heterocycles. The topological polar surface area (TPSA) is 72.8 Å². The molecule has 1 N–H and O–H groups in total. The van der Waals surface area contributed by atoms with Crippen molar-refractivity contribution in [1.82, 2.24) is 0 Å². The number of esters is 1. The van der Waals surface area contributed by atoms with Crippen LogP contribution in [0.25, 0.3) is 0 Å². The fourth-order valence-electron chi connectivity index (χ4n) is 3.04. The van der Waals surface area contributed by atoms with Crippen molar-refractivity contribution >= 4 is 23.7 Å². The molecule has 1 rings (SSSR count). The van der Waals surface area contributed by atoms with Crippen LogP contribution < -0.4 is 4.74 Å². The summed E-state index contributed by atoms with van der Waals surface area (Å²) in [5.41, 5.74) is -0.844. The Bertz CT molecular complexity index is 898. The minimum Gasteiger partial charge on any atom is -0.478 e. The van der Waals surface area contributed by atoms with Gasteiger partial charge in [-0.1, -0.05) is 79.8 Å². The van der Waals surface area contributed by atoms with E-state index in [1.54, 1.807) is 12.1 Å². The first-order chi connectivity index (χ1) is 17.6. The summed E-state index contributed by atoms with van der Waals surface area (Å²) in [6, 6.07) is 6.07. The van der Waals surface area contributed by atoms with Crippen LogP contribution in [0.1, 0.15) is 68.6 Å². The lowest BCUT2D eigenvalue weighted by Crippen LogP contribution is -2.25. The zero-order valence-electron chi connectivity index (χ0n) is 21.5. The summed E-state index contributed by atoms with van der Waals surface area (Å²) in [4.78, 5) is 23.6. The number of benzene rings is 1. The molecule has 0 saturated carbocycles. The molecule has 1 atom stereocenters. The molecule has 0 heterocycles. The SMILES string of the molecule is CC/C=C\C/C=C\C/C=C\C/C=C\C/C=C\CCCCSC(OC)C(=O)Oc1ccccc1C(=O)O. The van der Waals surface area contributed by atoms with Gasteiger partial charge in [0, 0.05) is 7.11 Å². The second-order valence-corrected chi connectivity index (χ2v) is 9.03. The molecule has 1 aromatic rings. The van der Waals surface area contributed by atoms with Gasteiger partial charge in [-0.15, -0.1) is 11.8 Å². The van der Waals surface area contributed by atoms with Gasteiger partial charge in [-0.05, 0) is 69.3 Å². The van der Waals surface area contributed by atoms with Gasteiger partial charge in [0.25, 0.3) is 0 Å². The van der Waals surface area contributed by atoms with E-state index in [9.17, 15) is 14.7 Å². The zero-order valence-corrected chi connectivity index (χ0v) is 22.3. The molecule has 0 saturated heterocycles. The highest BCUT2D eigenvalue weighted by molar-refractivity contribution is 8.00. The van der Waals surface area contributed by atoms with E-state index in [1.807, 2.05) is 0 Å². The first-order valence-electron chi connectivity index (χ1n) is 12.5. The van der Waals surface area contributed by atoms with Crippen LogP contribution >= 0.6 is 11.8 Å². The van der Waals surface area contributed by atoms with E-state index in [1.165, 1.54) is 31.0 Å². The van der Waals surface area contributed by atoms with Gasteiger partial charge in [0.2, 0.25) is 5.44 Å². The number of hydrogen-bond donors (Lipinski definition) is 1. The minimum atomic E-state index is -1.14. The zero-order chi connectivity index (χ0) is 26.3. The van der Waals surface area contributed by atoms with E-state index in [0.717, 1.165) is 57.1 Å². The van der Waals surface area contributed by atoms with Gasteiger partial charge in [-0.2, -0.15) is 0 Å². The van der Waals surface area contributed by atoms with E-state index >= 15 is 0 Å². The summed E-state index contributed by atoms with van der Waals surface area (Å²) < 4.78 is 10.5. The van der Waals surface area contributed by atoms with Gasteiger partial charge in [0.1, 0.15) is 11.3 Å². The molecule has 6 heteroatoms. The number of carbonyl (C=O) groups is 2. The van der Waals surface area contributed by atoms with Crippen LogP contribution in [0.15, 0.2) is 85.0 Å². The predicted molar refractivity (Wildman–Crippen MR) is 151 cm³/mol. The third-order valence-corrected chi connectivity index (χ3v) is 6.14. The number of aromatic carboxylic acids is 1. The summed E-state index contributed by atoms with van der Waals surface area (Å²) in [6.07, 6.45) is 29.8. The number of allylic oxidation sites excluding steroid dienone is 10. The maximum atomic E-state index is 12.4. The third-order valence-electron chi connectivity index (χ3n) is 4.93. The number of para-hydroxylation sites is 1. The molecular weight excluding hydrogens is 472 g/mol. The fraction of sp³-hybridized carbons (Fsp3) is 0.400. The quantitative estimate of drug-likeness (QED) is 0.0667. The molecule has 0 aliphatic heterocycles. The van der Waals surface area contributed by atoms with Crippen molar-refractivity contribution < 1.29 is 24.2 Å². The first-order valence-corrected chi connectivity index (χ1v) is 13.6. The van der Waals surface area contributed by atoms with Crippen molar-refractivity contribution in [2.75, 3.05) is 12.9 Å². The van der Waals surface area contributed by atoms with Crippen LogP contribution in [0, 0.1) is 0 Å². The van der Waals surface area contributed by atoms with Crippen LogP contribution in [-0.4, -0.2) is 35.3 Å². The Morgan fingerprint density at radius 2 is 1.42 bits per heavy atom. The van der Waals surface area contributed by atoms with Gasteiger partial charge in [-0.25, -0.2) is 9.59 Å². The third kappa shape index (κ3) is 15.2. The average molecular weight is 513 g/mol. The second-order valence-electron chi connectivity index (χ2n) is 7.86. The molecule has 0 spiro atoms. The maximum Gasteiger partial charge on any atom is 0.351 e. The van der Waals surface area contributed by atoms with E-state index in [0.29, 0.717) is 0 Å². The summed E-state index contributed by atoms with van der Waals surface area (Å²) >= 11 is 1.36. The lowest BCUT2D eigenvalue weighted by atomic mass is 10.2. The Morgan fingerprint density at radius 3 is 1.97 bits per heavy atom. The lowest BCUT2D eigenvalue weighted by molar-refractivity contribution is -0.140. The number of methoxy groups -OCH3 is 1. The number of carbonyl (C=O) groups excluding carboxylic acids is 1. The van der Waals surface area contributed by atoms with Crippen molar-refractivity contribution in [3.8, 4) is 5.75 Å². The monoisotopic (exact) mass is 512 g/mol. The van der Waals surface area contributed by atoms with Crippen LogP contribution in [0.2, 0.25) is 0 Å². The summed E-state index contributed by atoms with van der Waals surface area (Å²) in [5, 5.41) is 9.21. The Morgan fingerprint density at radius 1 is 0.861 bits per heavy atom. The van der Waals surface area contributed by atoms with Gasteiger partial charge < -0.3 is 14.6 Å². The normalized spacial score (nSPS) is 13.1. The number of ether oxygens (including phenoxy) is 2. The number of carboxylic acids is 1. The highest BCUT2D eigenvalue weighted by atomic mass is 32.2. The molecule has 0 aliphatic rings. The highest BCUT2D eigenvalue weighted by Gasteiger charge is 2.22. The van der Waals surface area contributed by atoms with Crippen molar-refractivity contribution in [2.45, 2.75) is 63.7 Å². The molecule has 36 heavy (non-hydrogen) atoms. The summed E-state index contributed by atoms with van der Waals surface area (Å²) in [6.45, 7) is 2.14. The Hall–Kier alpha value is -2.83. The number of hydrogen-bond acceptors (Lipinski definition) is 5. The highest BCUT2D eigenvalue weighted by Crippen LogP contribution is 2.22. The standard InChI is InChI=1S/C30H40O5S/c1-3-4-5-6-7-8-9-10-11-12-13-14-15-16-17-18-19-22-25-36-30(34-2)29(33)35-27-24-21-20-23-26(27)28(31)32/h4-5,7-8,10-11,13-14,16-17,20-21,23-24,30H,3,6,9,12,15,18-19,22,25H2,1-2H3,(H,31,32)/b5-4-,8-7-,11-10-,14-13-,17-16-. The summed E-state index contributed by atoms with van der Waals surface area (Å²) in [5.74, 6) is -0.973. The molecule has 5 nitrogen and oxygen atoms in total. The largest absolute Gasteiger partial charge is 0.478 e. The predicted octanol–water partition coefficient (Wildman–Crippen LogP) is 7.92. The molecular formula is C30H40O5S. The van der Waals surface area contributed by atoms with Gasteiger partial charge in [-0.3, -0.25) is 0 Å². The second kappa shape index (κ2) is 21.5. The molecule has 1 unspecified atom stereocenters. The maximum absolute atomic E-state index is 12.4. The van der Waals surface area contributed by atoms with Crippen molar-refractivity contribution in [2.24, 2.45) is 0 Å². The number of rotatable bonds is 19. The van der Waals surface area contributed by atoms with Crippen molar-refractivity contribution in [1.29, 1.82) is 0 Å². The Balaban J connectivity index is 2.13. The first kappa shape index (κ1) is 31.2. The van der Waals surface area contributed by atoms with Crippen molar-refractivity contribution in [3.63, 3.8) is 0 Å². The van der Waals surface area contributed by atoms with E-state index in [2.05, 4.69) is 67.7 Å². The van der Waals surface area contributed by atoms with E-state index in [-0.39, 0.29) is 11.3 Å². The summed E-state index contributed by atoms with van der Waals surface area (Å²) in [7, 11) is 1.44. The molecule has 0 aliphatic carbocycles. The fourth-order valence-corrected chi connectivity index (χ4v) is 3.95. The molecule has 0 amide bonds. The molecule has 0 bridgehead atoms. The van der Waals surface area contributed by atoms with E-state index in [4.69, 9.17) is 9.47 Å². The average Bonchev–Trinajstić information content (AvgIpc) is 2.87. The number of carboxylic acid groups (broad SMARTS) is 1. The molecule has 0 radical (unpaired) electrons. The molecule has 196 valence electrons. The van der Waals surface area contributed by atoms with Crippen LogP contribution in [0.4, 0.5) is 0 Å². The number of thioether (sulfide) groups is 1. The Kier molecular flexibility index (Phi) is 18.6. The smallest absolute Gasteiger partial charge is 0.351 e.